The van der Waals surface area contributed by atoms with E-state index < -0.39 is 0 Å². The van der Waals surface area contributed by atoms with Gasteiger partial charge in [-0.2, -0.15) is 5.10 Å². The largest absolute Gasteiger partial charge is 0.376 e. The maximum absolute atomic E-state index is 5.45. The van der Waals surface area contributed by atoms with Gasteiger partial charge < -0.3 is 11.1 Å². The number of aryl methyl sites for hydroxylation is 1. The molecular formula is C14H16N4S. The zero-order chi connectivity index (χ0) is 13.2. The number of fused-ring (bicyclic) bond motifs is 1. The maximum atomic E-state index is 5.45. The number of aromatic nitrogens is 2. The molecule has 0 saturated heterocycles. The number of nitrogens with zero attached hydrogens (tertiary/aromatic N) is 1. The van der Waals surface area contributed by atoms with Crippen molar-refractivity contribution in [3.8, 4) is 11.3 Å². The third-order valence-electron chi connectivity index (χ3n) is 3.48. The second kappa shape index (κ2) is 5.01. The molecular weight excluding hydrogens is 256 g/mol. The van der Waals surface area contributed by atoms with Gasteiger partial charge in [0, 0.05) is 22.5 Å². The molecule has 1 aliphatic carbocycles. The fourth-order valence-electron chi connectivity index (χ4n) is 2.57. The Morgan fingerprint density at radius 1 is 1.21 bits per heavy atom. The molecule has 0 amide bonds. The lowest BCUT2D eigenvalue weighted by Gasteiger charge is -2.11. The van der Waals surface area contributed by atoms with Crippen LogP contribution in [0.4, 0.5) is 5.69 Å². The Hall–Kier alpha value is -1.88. The van der Waals surface area contributed by atoms with Gasteiger partial charge in [0.2, 0.25) is 0 Å². The summed E-state index contributed by atoms with van der Waals surface area (Å²) in [7, 11) is 0. The number of nitrogens with one attached hydrogen (secondary N) is 2. The van der Waals surface area contributed by atoms with Crippen LogP contribution >= 0.6 is 12.2 Å². The van der Waals surface area contributed by atoms with Gasteiger partial charge in [0.1, 0.15) is 0 Å². The summed E-state index contributed by atoms with van der Waals surface area (Å²) in [6.45, 7) is 0. The van der Waals surface area contributed by atoms with Crippen molar-refractivity contribution in [2.24, 2.45) is 5.73 Å². The van der Waals surface area contributed by atoms with Gasteiger partial charge in [0.15, 0.2) is 5.11 Å². The van der Waals surface area contributed by atoms with Gasteiger partial charge >= 0.3 is 0 Å². The van der Waals surface area contributed by atoms with E-state index in [0.29, 0.717) is 0 Å². The Kier molecular flexibility index (Phi) is 3.21. The highest BCUT2D eigenvalue weighted by molar-refractivity contribution is 7.80. The molecule has 0 fully saturated rings. The summed E-state index contributed by atoms with van der Waals surface area (Å²) in [5.74, 6) is 0. The molecule has 1 aromatic carbocycles. The maximum Gasteiger partial charge on any atom is 0.168 e. The van der Waals surface area contributed by atoms with E-state index in [1.807, 2.05) is 24.3 Å². The molecule has 19 heavy (non-hydrogen) atoms. The molecule has 0 spiro atoms. The molecule has 0 aliphatic heterocycles. The monoisotopic (exact) mass is 272 g/mol. The van der Waals surface area contributed by atoms with Crippen LogP contribution < -0.4 is 11.1 Å². The lowest BCUT2D eigenvalue weighted by Crippen LogP contribution is -2.18. The van der Waals surface area contributed by atoms with Crippen molar-refractivity contribution in [1.29, 1.82) is 0 Å². The van der Waals surface area contributed by atoms with Crippen molar-refractivity contribution in [3.63, 3.8) is 0 Å². The van der Waals surface area contributed by atoms with E-state index in [9.17, 15) is 0 Å². The molecule has 98 valence electrons. The van der Waals surface area contributed by atoms with Gasteiger partial charge in [0.05, 0.1) is 5.69 Å². The third-order valence-corrected chi connectivity index (χ3v) is 3.58. The molecule has 5 heteroatoms. The molecule has 0 atom stereocenters. The van der Waals surface area contributed by atoms with Gasteiger partial charge in [-0.1, -0.05) is 12.1 Å². The Bertz CT molecular complexity index is 600. The number of anilines is 1. The van der Waals surface area contributed by atoms with E-state index in [2.05, 4.69) is 15.5 Å². The van der Waals surface area contributed by atoms with Crippen LogP contribution in [0.3, 0.4) is 0 Å². The SMILES string of the molecule is NC(=S)Nc1ccc(-c2n[nH]c3c2CCCC3)cc1. The third kappa shape index (κ3) is 2.46. The van der Waals surface area contributed by atoms with E-state index in [0.717, 1.165) is 29.8 Å². The van der Waals surface area contributed by atoms with Crippen LogP contribution in [0.2, 0.25) is 0 Å². The Balaban J connectivity index is 1.90. The number of thiocarbonyl (C=S) groups is 1. The van der Waals surface area contributed by atoms with Crippen molar-refractivity contribution >= 4 is 23.0 Å². The lowest BCUT2D eigenvalue weighted by molar-refractivity contribution is 0.675. The number of hydrogen-bond acceptors (Lipinski definition) is 2. The number of rotatable bonds is 2. The lowest BCUT2D eigenvalue weighted by atomic mass is 9.94. The van der Waals surface area contributed by atoms with Gasteiger partial charge in [0.25, 0.3) is 0 Å². The van der Waals surface area contributed by atoms with E-state index in [-0.39, 0.29) is 5.11 Å². The summed E-state index contributed by atoms with van der Waals surface area (Å²) in [4.78, 5) is 0. The predicted molar refractivity (Wildman–Crippen MR) is 81.1 cm³/mol. The summed E-state index contributed by atoms with van der Waals surface area (Å²) in [6, 6.07) is 8.04. The summed E-state index contributed by atoms with van der Waals surface area (Å²) in [5.41, 5.74) is 11.2. The number of H-pyrrole nitrogens is 1. The average Bonchev–Trinajstić information content (AvgIpc) is 2.83. The van der Waals surface area contributed by atoms with Crippen LogP contribution in [-0.2, 0) is 12.8 Å². The topological polar surface area (TPSA) is 66.7 Å². The van der Waals surface area contributed by atoms with E-state index in [1.54, 1.807) is 0 Å². The van der Waals surface area contributed by atoms with Gasteiger partial charge in [-0.15, -0.1) is 0 Å². The van der Waals surface area contributed by atoms with Crippen molar-refractivity contribution in [3.05, 3.63) is 35.5 Å². The summed E-state index contributed by atoms with van der Waals surface area (Å²) in [5, 5.41) is 10.8. The minimum Gasteiger partial charge on any atom is -0.376 e. The highest BCUT2D eigenvalue weighted by Gasteiger charge is 2.17. The minimum absolute atomic E-state index is 0.282. The Labute approximate surface area is 117 Å². The van der Waals surface area contributed by atoms with Crippen molar-refractivity contribution in [2.45, 2.75) is 25.7 Å². The summed E-state index contributed by atoms with van der Waals surface area (Å²) >= 11 is 4.82. The van der Waals surface area contributed by atoms with E-state index in [1.165, 1.54) is 24.1 Å². The molecule has 4 nitrogen and oxygen atoms in total. The first kappa shape index (κ1) is 12.2. The number of hydrogen-bond donors (Lipinski definition) is 3. The number of benzene rings is 1. The van der Waals surface area contributed by atoms with Gasteiger partial charge in [-0.05, 0) is 50.0 Å². The fourth-order valence-corrected chi connectivity index (χ4v) is 2.69. The molecule has 3 rings (SSSR count). The van der Waals surface area contributed by atoms with Crippen LogP contribution in [-0.4, -0.2) is 15.3 Å². The first-order valence-corrected chi connectivity index (χ1v) is 6.88. The highest BCUT2D eigenvalue weighted by atomic mass is 32.1. The van der Waals surface area contributed by atoms with Gasteiger partial charge in [-0.25, -0.2) is 0 Å². The molecule has 0 radical (unpaired) electrons. The molecule has 0 saturated carbocycles. The quantitative estimate of drug-likeness (QED) is 0.735. The predicted octanol–water partition coefficient (Wildman–Crippen LogP) is 2.61. The van der Waals surface area contributed by atoms with E-state index >= 15 is 0 Å². The summed E-state index contributed by atoms with van der Waals surface area (Å²) in [6.07, 6.45) is 4.74. The zero-order valence-electron chi connectivity index (χ0n) is 10.6. The van der Waals surface area contributed by atoms with Crippen LogP contribution in [0, 0.1) is 0 Å². The Morgan fingerprint density at radius 3 is 2.68 bits per heavy atom. The number of aromatic amines is 1. The van der Waals surface area contributed by atoms with Crippen LogP contribution in [0.15, 0.2) is 24.3 Å². The van der Waals surface area contributed by atoms with Crippen LogP contribution in [0.25, 0.3) is 11.3 Å². The molecule has 1 aromatic heterocycles. The Morgan fingerprint density at radius 2 is 1.95 bits per heavy atom. The van der Waals surface area contributed by atoms with Crippen molar-refractivity contribution < 1.29 is 0 Å². The first-order chi connectivity index (χ1) is 9.24. The van der Waals surface area contributed by atoms with Gasteiger partial charge in [-0.3, -0.25) is 5.10 Å². The molecule has 4 N–H and O–H groups in total. The normalized spacial score (nSPS) is 13.9. The second-order valence-electron chi connectivity index (χ2n) is 4.80. The highest BCUT2D eigenvalue weighted by Crippen LogP contribution is 2.29. The minimum atomic E-state index is 0.282. The fraction of sp³-hybridized carbons (Fsp3) is 0.286. The van der Waals surface area contributed by atoms with Crippen molar-refractivity contribution in [1.82, 2.24) is 10.2 Å². The standard InChI is InChI=1S/C14H16N4S/c15-14(19)16-10-7-5-9(6-8-10)13-11-3-1-2-4-12(11)17-18-13/h5-8H,1-4H2,(H,17,18)(H3,15,16,19). The van der Waals surface area contributed by atoms with Crippen molar-refractivity contribution in [2.75, 3.05) is 5.32 Å². The molecule has 0 unspecified atom stereocenters. The molecule has 1 aliphatic rings. The molecule has 0 bridgehead atoms. The molecule has 2 aromatic rings. The second-order valence-corrected chi connectivity index (χ2v) is 5.24. The van der Waals surface area contributed by atoms with Crippen LogP contribution in [0.5, 0.6) is 0 Å². The molecule has 1 heterocycles. The average molecular weight is 272 g/mol. The zero-order valence-corrected chi connectivity index (χ0v) is 11.4. The van der Waals surface area contributed by atoms with E-state index in [4.69, 9.17) is 18.0 Å². The smallest absolute Gasteiger partial charge is 0.168 e. The number of nitrogens with two attached hydrogens (primary N) is 1. The van der Waals surface area contributed by atoms with Crippen LogP contribution in [0.1, 0.15) is 24.1 Å². The first-order valence-electron chi connectivity index (χ1n) is 6.47. The summed E-state index contributed by atoms with van der Waals surface area (Å²) < 4.78 is 0.